The lowest BCUT2D eigenvalue weighted by molar-refractivity contribution is 0.268. The normalized spacial score (nSPS) is 18.5. The minimum atomic E-state index is -0.317. The van der Waals surface area contributed by atoms with E-state index in [1.807, 2.05) is 12.1 Å². The highest BCUT2D eigenvalue weighted by atomic mass is 16.3. The Morgan fingerprint density at radius 1 is 1.31 bits per heavy atom. The molecule has 16 heavy (non-hydrogen) atoms. The summed E-state index contributed by atoms with van der Waals surface area (Å²) < 4.78 is 0. The van der Waals surface area contributed by atoms with Gasteiger partial charge in [-0.25, -0.2) is 4.98 Å². The molecule has 0 spiro atoms. The molecule has 88 valence electrons. The average molecular weight is 221 g/mol. The number of hydrogen-bond donors (Lipinski definition) is 2. The van der Waals surface area contributed by atoms with Crippen molar-refractivity contribution in [3.63, 3.8) is 0 Å². The number of nitrogens with zero attached hydrogens (tertiary/aromatic N) is 2. The van der Waals surface area contributed by atoms with Crippen LogP contribution in [0, 0.1) is 0 Å². The number of aliphatic hydroxyl groups is 1. The van der Waals surface area contributed by atoms with Crippen LogP contribution in [0.25, 0.3) is 0 Å². The molecule has 1 aromatic heterocycles. The second-order valence-electron chi connectivity index (χ2n) is 4.29. The third kappa shape index (κ3) is 2.51. The van der Waals surface area contributed by atoms with E-state index in [1.165, 1.54) is 19.3 Å². The van der Waals surface area contributed by atoms with Crippen LogP contribution < -0.4 is 10.6 Å². The second-order valence-corrected chi connectivity index (χ2v) is 4.29. The number of nitrogens with two attached hydrogens (primary N) is 1. The van der Waals surface area contributed by atoms with Crippen molar-refractivity contribution in [1.29, 1.82) is 0 Å². The van der Waals surface area contributed by atoms with Crippen LogP contribution in [-0.4, -0.2) is 29.8 Å². The van der Waals surface area contributed by atoms with E-state index in [1.54, 1.807) is 6.20 Å². The molecule has 1 saturated heterocycles. The van der Waals surface area contributed by atoms with Gasteiger partial charge in [0.25, 0.3) is 0 Å². The molecular weight excluding hydrogens is 202 g/mol. The van der Waals surface area contributed by atoms with Gasteiger partial charge in [-0.3, -0.25) is 0 Å². The lowest BCUT2D eigenvalue weighted by Crippen LogP contribution is -2.30. The predicted octanol–water partition coefficient (Wildman–Crippen LogP) is 1.06. The summed E-state index contributed by atoms with van der Waals surface area (Å²) in [6.07, 6.45) is 5.59. The molecule has 4 heteroatoms. The average Bonchev–Trinajstić information content (AvgIpc) is 2.39. The molecule has 1 aliphatic heterocycles. The molecule has 0 saturated carbocycles. The Bertz CT molecular complexity index is 320. The molecule has 2 heterocycles. The molecule has 1 unspecified atom stereocenters. The summed E-state index contributed by atoms with van der Waals surface area (Å²) in [6.45, 7) is 2.15. The van der Waals surface area contributed by atoms with Crippen molar-refractivity contribution >= 4 is 5.82 Å². The summed E-state index contributed by atoms with van der Waals surface area (Å²) in [6, 6.07) is 3.64. The zero-order chi connectivity index (χ0) is 11.4. The Hall–Kier alpha value is -1.13. The van der Waals surface area contributed by atoms with E-state index >= 15 is 0 Å². The third-order valence-electron chi connectivity index (χ3n) is 3.08. The van der Waals surface area contributed by atoms with E-state index in [-0.39, 0.29) is 12.6 Å². The Kier molecular flexibility index (Phi) is 3.74. The van der Waals surface area contributed by atoms with Gasteiger partial charge in [0.15, 0.2) is 0 Å². The number of hydrogen-bond acceptors (Lipinski definition) is 4. The third-order valence-corrected chi connectivity index (χ3v) is 3.08. The first-order valence-corrected chi connectivity index (χ1v) is 5.88. The number of aliphatic hydroxyl groups excluding tert-OH is 1. The van der Waals surface area contributed by atoms with E-state index in [0.29, 0.717) is 0 Å². The maximum absolute atomic E-state index is 8.94. The minimum Gasteiger partial charge on any atom is -0.394 e. The number of pyridine rings is 1. The minimum absolute atomic E-state index is 0.0370. The van der Waals surface area contributed by atoms with Gasteiger partial charge in [0.2, 0.25) is 0 Å². The molecule has 0 amide bonds. The van der Waals surface area contributed by atoms with Crippen LogP contribution in [0.2, 0.25) is 0 Å². The standard InChI is InChI=1S/C12H19N3O/c13-11(9-16)10-4-5-12(14-8-10)15-6-2-1-3-7-15/h4-5,8,11,16H,1-3,6-7,9,13H2. The van der Waals surface area contributed by atoms with E-state index in [0.717, 1.165) is 24.5 Å². The fourth-order valence-electron chi connectivity index (χ4n) is 2.03. The van der Waals surface area contributed by atoms with E-state index < -0.39 is 0 Å². The Morgan fingerprint density at radius 3 is 2.62 bits per heavy atom. The SMILES string of the molecule is NC(CO)c1ccc(N2CCCCC2)nc1. The predicted molar refractivity (Wildman–Crippen MR) is 64.3 cm³/mol. The molecule has 0 bridgehead atoms. The highest BCUT2D eigenvalue weighted by molar-refractivity contribution is 5.40. The second kappa shape index (κ2) is 5.27. The summed E-state index contributed by atoms with van der Waals surface area (Å²) in [5.41, 5.74) is 6.61. The van der Waals surface area contributed by atoms with Crippen LogP contribution in [0.15, 0.2) is 18.3 Å². The largest absolute Gasteiger partial charge is 0.394 e. The maximum atomic E-state index is 8.94. The van der Waals surface area contributed by atoms with Gasteiger partial charge in [-0.05, 0) is 30.9 Å². The monoisotopic (exact) mass is 221 g/mol. The Labute approximate surface area is 96.1 Å². The molecule has 1 atom stereocenters. The van der Waals surface area contributed by atoms with Crippen LogP contribution in [0.5, 0.6) is 0 Å². The van der Waals surface area contributed by atoms with E-state index in [2.05, 4.69) is 9.88 Å². The fraction of sp³-hybridized carbons (Fsp3) is 0.583. The van der Waals surface area contributed by atoms with Gasteiger partial charge < -0.3 is 15.7 Å². The number of rotatable bonds is 3. The van der Waals surface area contributed by atoms with Crippen molar-refractivity contribution in [2.24, 2.45) is 5.73 Å². The van der Waals surface area contributed by atoms with Crippen LogP contribution in [0.3, 0.4) is 0 Å². The molecule has 2 rings (SSSR count). The van der Waals surface area contributed by atoms with Gasteiger partial charge in [-0.1, -0.05) is 6.07 Å². The highest BCUT2D eigenvalue weighted by Crippen LogP contribution is 2.18. The van der Waals surface area contributed by atoms with E-state index in [4.69, 9.17) is 10.8 Å². The zero-order valence-corrected chi connectivity index (χ0v) is 9.47. The quantitative estimate of drug-likeness (QED) is 0.801. The number of anilines is 1. The summed E-state index contributed by atoms with van der Waals surface area (Å²) >= 11 is 0. The Morgan fingerprint density at radius 2 is 2.06 bits per heavy atom. The summed E-state index contributed by atoms with van der Waals surface area (Å²) in [4.78, 5) is 6.71. The first kappa shape index (κ1) is 11.4. The van der Waals surface area contributed by atoms with Crippen LogP contribution in [0.4, 0.5) is 5.82 Å². The number of aromatic nitrogens is 1. The van der Waals surface area contributed by atoms with Gasteiger partial charge in [-0.15, -0.1) is 0 Å². The van der Waals surface area contributed by atoms with Gasteiger partial charge in [0.1, 0.15) is 5.82 Å². The van der Waals surface area contributed by atoms with Crippen LogP contribution in [0.1, 0.15) is 30.9 Å². The smallest absolute Gasteiger partial charge is 0.128 e. The molecule has 0 aromatic carbocycles. The molecule has 1 aliphatic rings. The molecule has 4 nitrogen and oxygen atoms in total. The topological polar surface area (TPSA) is 62.4 Å². The van der Waals surface area contributed by atoms with Crippen molar-refractivity contribution in [2.75, 3.05) is 24.6 Å². The summed E-state index contributed by atoms with van der Waals surface area (Å²) in [5.74, 6) is 1.02. The first-order valence-electron chi connectivity index (χ1n) is 5.88. The molecular formula is C12H19N3O. The molecule has 3 N–H and O–H groups in total. The number of piperidine rings is 1. The van der Waals surface area contributed by atoms with Gasteiger partial charge in [0.05, 0.1) is 12.6 Å². The van der Waals surface area contributed by atoms with Crippen molar-refractivity contribution in [3.05, 3.63) is 23.9 Å². The zero-order valence-electron chi connectivity index (χ0n) is 9.47. The van der Waals surface area contributed by atoms with Crippen molar-refractivity contribution in [3.8, 4) is 0 Å². The molecule has 0 aliphatic carbocycles. The first-order chi connectivity index (χ1) is 7.81. The summed E-state index contributed by atoms with van der Waals surface area (Å²) in [5, 5.41) is 8.94. The molecule has 1 fully saturated rings. The van der Waals surface area contributed by atoms with E-state index in [9.17, 15) is 0 Å². The van der Waals surface area contributed by atoms with Crippen molar-refractivity contribution in [1.82, 2.24) is 4.98 Å². The van der Waals surface area contributed by atoms with Crippen LogP contribution in [-0.2, 0) is 0 Å². The summed E-state index contributed by atoms with van der Waals surface area (Å²) in [7, 11) is 0. The lowest BCUT2D eigenvalue weighted by Gasteiger charge is -2.27. The van der Waals surface area contributed by atoms with Crippen molar-refractivity contribution in [2.45, 2.75) is 25.3 Å². The maximum Gasteiger partial charge on any atom is 0.128 e. The fourth-order valence-corrected chi connectivity index (χ4v) is 2.03. The lowest BCUT2D eigenvalue weighted by atomic mass is 10.1. The molecule has 0 radical (unpaired) electrons. The van der Waals surface area contributed by atoms with Gasteiger partial charge in [0, 0.05) is 19.3 Å². The molecule has 1 aromatic rings. The van der Waals surface area contributed by atoms with Gasteiger partial charge in [-0.2, -0.15) is 0 Å². The van der Waals surface area contributed by atoms with Crippen molar-refractivity contribution < 1.29 is 5.11 Å². The Balaban J connectivity index is 2.06. The highest BCUT2D eigenvalue weighted by Gasteiger charge is 2.12. The van der Waals surface area contributed by atoms with Gasteiger partial charge >= 0.3 is 0 Å². The van der Waals surface area contributed by atoms with Crippen LogP contribution >= 0.6 is 0 Å².